The molecule has 0 amide bonds. The van der Waals surface area contributed by atoms with Crippen molar-refractivity contribution in [2.24, 2.45) is 5.92 Å². The Kier molecular flexibility index (Phi) is 10.9. The largest absolute Gasteiger partial charge is 0.382 e. The highest BCUT2D eigenvalue weighted by atomic mass is 16.5. The van der Waals surface area contributed by atoms with Crippen molar-refractivity contribution in [3.63, 3.8) is 0 Å². The molecule has 3 heteroatoms. The van der Waals surface area contributed by atoms with Gasteiger partial charge in [0.15, 0.2) is 0 Å². The summed E-state index contributed by atoms with van der Waals surface area (Å²) >= 11 is 0. The Morgan fingerprint density at radius 2 is 1.93 bits per heavy atom. The Balaban J connectivity index is 2.98. The lowest BCUT2D eigenvalue weighted by molar-refractivity contribution is 0.0682. The third-order valence-corrected chi connectivity index (χ3v) is 2.22. The van der Waals surface area contributed by atoms with Gasteiger partial charge in [0.05, 0.1) is 13.2 Å². The summed E-state index contributed by atoms with van der Waals surface area (Å²) < 4.78 is 10.3. The molecule has 0 rings (SSSR count). The molecule has 1 N–H and O–H groups in total. The second-order valence-corrected chi connectivity index (χ2v) is 3.76. The van der Waals surface area contributed by atoms with Crippen LogP contribution in [0.25, 0.3) is 0 Å². The zero-order valence-corrected chi connectivity index (χ0v) is 9.84. The molecule has 0 spiro atoms. The molecule has 0 aromatic carbocycles. The van der Waals surface area contributed by atoms with E-state index in [0.717, 1.165) is 32.1 Å². The van der Waals surface area contributed by atoms with E-state index in [1.165, 1.54) is 12.8 Å². The van der Waals surface area contributed by atoms with Gasteiger partial charge in [-0.25, -0.2) is 0 Å². The highest BCUT2D eigenvalue weighted by Gasteiger charge is 1.99. The summed E-state index contributed by atoms with van der Waals surface area (Å²) in [4.78, 5) is 0. The second kappa shape index (κ2) is 11.0. The van der Waals surface area contributed by atoms with E-state index in [1.807, 2.05) is 7.05 Å². The first-order valence-electron chi connectivity index (χ1n) is 5.52. The molecule has 0 aromatic heterocycles. The van der Waals surface area contributed by atoms with Gasteiger partial charge in [0.25, 0.3) is 0 Å². The Morgan fingerprint density at radius 1 is 1.14 bits per heavy atom. The van der Waals surface area contributed by atoms with Gasteiger partial charge in [-0.1, -0.05) is 13.3 Å². The maximum atomic E-state index is 5.38. The SMILES string of the molecule is CNCC(C)CCCCOCCOC. The second-order valence-electron chi connectivity index (χ2n) is 3.76. The lowest BCUT2D eigenvalue weighted by atomic mass is 10.0. The topological polar surface area (TPSA) is 30.5 Å². The van der Waals surface area contributed by atoms with E-state index in [1.54, 1.807) is 7.11 Å². The van der Waals surface area contributed by atoms with E-state index >= 15 is 0 Å². The lowest BCUT2D eigenvalue weighted by Gasteiger charge is -2.10. The lowest BCUT2D eigenvalue weighted by Crippen LogP contribution is -2.16. The summed E-state index contributed by atoms with van der Waals surface area (Å²) in [6.07, 6.45) is 3.71. The van der Waals surface area contributed by atoms with Crippen LogP contribution in [0.4, 0.5) is 0 Å². The number of hydrogen-bond acceptors (Lipinski definition) is 3. The van der Waals surface area contributed by atoms with Gasteiger partial charge >= 0.3 is 0 Å². The van der Waals surface area contributed by atoms with Crippen LogP contribution in [0.3, 0.4) is 0 Å². The minimum Gasteiger partial charge on any atom is -0.382 e. The average Bonchev–Trinajstić information content (AvgIpc) is 2.17. The van der Waals surface area contributed by atoms with E-state index in [-0.39, 0.29) is 0 Å². The summed E-state index contributed by atoms with van der Waals surface area (Å²) in [7, 11) is 3.70. The highest BCUT2D eigenvalue weighted by Crippen LogP contribution is 2.06. The Bertz CT molecular complexity index is 109. The van der Waals surface area contributed by atoms with Gasteiger partial charge in [-0.3, -0.25) is 0 Å². The van der Waals surface area contributed by atoms with Crippen molar-refractivity contribution in [2.75, 3.05) is 40.5 Å². The molecule has 0 aliphatic carbocycles. The molecule has 0 aliphatic heterocycles. The van der Waals surface area contributed by atoms with Crippen LogP contribution in [-0.4, -0.2) is 40.5 Å². The first-order valence-corrected chi connectivity index (χ1v) is 5.52. The third kappa shape index (κ3) is 9.96. The average molecular weight is 203 g/mol. The zero-order chi connectivity index (χ0) is 10.6. The Labute approximate surface area is 88.2 Å². The molecule has 0 aromatic rings. The third-order valence-electron chi connectivity index (χ3n) is 2.22. The van der Waals surface area contributed by atoms with Crippen LogP contribution in [0.15, 0.2) is 0 Å². The van der Waals surface area contributed by atoms with Crippen molar-refractivity contribution in [3.05, 3.63) is 0 Å². The number of rotatable bonds is 10. The van der Waals surface area contributed by atoms with Crippen molar-refractivity contribution in [2.45, 2.75) is 26.2 Å². The highest BCUT2D eigenvalue weighted by molar-refractivity contribution is 4.54. The van der Waals surface area contributed by atoms with Gasteiger partial charge < -0.3 is 14.8 Å². The zero-order valence-electron chi connectivity index (χ0n) is 9.84. The summed E-state index contributed by atoms with van der Waals surface area (Å²) in [5.74, 6) is 0.777. The molecular formula is C11H25NO2. The number of nitrogens with one attached hydrogen (secondary N) is 1. The molecule has 0 fully saturated rings. The standard InChI is InChI=1S/C11H25NO2/c1-11(10-12-2)6-4-5-7-14-9-8-13-3/h11-12H,4-10H2,1-3H3. The fraction of sp³-hybridized carbons (Fsp3) is 1.00. The van der Waals surface area contributed by atoms with Gasteiger partial charge in [-0.05, 0) is 32.4 Å². The fourth-order valence-corrected chi connectivity index (χ4v) is 1.39. The molecule has 1 unspecified atom stereocenters. The molecule has 0 bridgehead atoms. The number of methoxy groups -OCH3 is 1. The van der Waals surface area contributed by atoms with Crippen LogP contribution >= 0.6 is 0 Å². The summed E-state index contributed by atoms with van der Waals surface area (Å²) in [6.45, 7) is 5.70. The van der Waals surface area contributed by atoms with Crippen LogP contribution in [0.2, 0.25) is 0 Å². The summed E-state index contributed by atoms with van der Waals surface area (Å²) in [5, 5.41) is 3.19. The number of unbranched alkanes of at least 4 members (excludes halogenated alkanes) is 1. The minimum absolute atomic E-state index is 0.705. The minimum atomic E-state index is 0.705. The molecule has 0 aliphatic rings. The van der Waals surface area contributed by atoms with Gasteiger partial charge in [0.1, 0.15) is 0 Å². The van der Waals surface area contributed by atoms with Crippen LogP contribution < -0.4 is 5.32 Å². The van der Waals surface area contributed by atoms with Crippen molar-refractivity contribution >= 4 is 0 Å². The van der Waals surface area contributed by atoms with E-state index in [9.17, 15) is 0 Å². The molecule has 86 valence electrons. The van der Waals surface area contributed by atoms with E-state index in [2.05, 4.69) is 12.2 Å². The van der Waals surface area contributed by atoms with Crippen LogP contribution in [0.5, 0.6) is 0 Å². The van der Waals surface area contributed by atoms with E-state index in [4.69, 9.17) is 9.47 Å². The quantitative estimate of drug-likeness (QED) is 0.548. The summed E-state index contributed by atoms with van der Waals surface area (Å²) in [6, 6.07) is 0. The predicted molar refractivity (Wildman–Crippen MR) is 59.6 cm³/mol. The Hall–Kier alpha value is -0.120. The summed E-state index contributed by atoms with van der Waals surface area (Å²) in [5.41, 5.74) is 0. The Morgan fingerprint density at radius 3 is 2.57 bits per heavy atom. The molecule has 0 heterocycles. The normalized spacial score (nSPS) is 13.1. The molecular weight excluding hydrogens is 178 g/mol. The smallest absolute Gasteiger partial charge is 0.0700 e. The molecule has 3 nitrogen and oxygen atoms in total. The van der Waals surface area contributed by atoms with Gasteiger partial charge in [-0.2, -0.15) is 0 Å². The number of ether oxygens (including phenoxy) is 2. The monoisotopic (exact) mass is 203 g/mol. The van der Waals surface area contributed by atoms with Crippen molar-refractivity contribution < 1.29 is 9.47 Å². The van der Waals surface area contributed by atoms with Crippen LogP contribution in [0.1, 0.15) is 26.2 Å². The van der Waals surface area contributed by atoms with Crippen LogP contribution in [0, 0.1) is 5.92 Å². The molecule has 0 saturated carbocycles. The maximum Gasteiger partial charge on any atom is 0.0700 e. The first-order chi connectivity index (χ1) is 6.81. The van der Waals surface area contributed by atoms with Crippen molar-refractivity contribution in [1.82, 2.24) is 5.32 Å². The number of hydrogen-bond donors (Lipinski definition) is 1. The first kappa shape index (κ1) is 13.9. The van der Waals surface area contributed by atoms with Gasteiger partial charge in [-0.15, -0.1) is 0 Å². The predicted octanol–water partition coefficient (Wildman–Crippen LogP) is 1.68. The maximum absolute atomic E-state index is 5.38. The van der Waals surface area contributed by atoms with Crippen molar-refractivity contribution in [3.8, 4) is 0 Å². The molecule has 0 radical (unpaired) electrons. The fourth-order valence-electron chi connectivity index (χ4n) is 1.39. The van der Waals surface area contributed by atoms with Crippen LogP contribution in [-0.2, 0) is 9.47 Å². The van der Waals surface area contributed by atoms with Gasteiger partial charge in [0.2, 0.25) is 0 Å². The van der Waals surface area contributed by atoms with Crippen molar-refractivity contribution in [1.29, 1.82) is 0 Å². The molecule has 1 atom stereocenters. The van der Waals surface area contributed by atoms with E-state index < -0.39 is 0 Å². The molecule has 0 saturated heterocycles. The van der Waals surface area contributed by atoms with Gasteiger partial charge in [0, 0.05) is 13.7 Å². The molecule has 14 heavy (non-hydrogen) atoms. The van der Waals surface area contributed by atoms with E-state index in [0.29, 0.717) is 6.61 Å².